The van der Waals surface area contributed by atoms with Crippen LogP contribution in [0.2, 0.25) is 0 Å². The number of thiophene rings is 1. The van der Waals surface area contributed by atoms with Crippen molar-refractivity contribution in [3.63, 3.8) is 0 Å². The fraction of sp³-hybridized carbons (Fsp3) is 0. The summed E-state index contributed by atoms with van der Waals surface area (Å²) in [7, 11) is 0. The number of benzene rings is 8. The average Bonchev–Trinajstić information content (AvgIpc) is 3.84. The van der Waals surface area contributed by atoms with Crippen LogP contribution in [0.3, 0.4) is 0 Å². The topological polar surface area (TPSA) is 64.7 Å². The van der Waals surface area contributed by atoms with Crippen molar-refractivity contribution in [3.8, 4) is 45.6 Å². The molecule has 11 rings (SSSR count). The third kappa shape index (κ3) is 4.48. The maximum Gasteiger partial charge on any atom is 0.227 e. The van der Waals surface area contributed by atoms with Crippen LogP contribution in [0.1, 0.15) is 0 Å². The summed E-state index contributed by atoms with van der Waals surface area (Å²) in [6.07, 6.45) is 0. The highest BCUT2D eigenvalue weighted by Gasteiger charge is 2.20. The number of hydrogen-bond acceptors (Lipinski definition) is 6. The molecule has 0 aliphatic heterocycles. The first-order chi connectivity index (χ1) is 25.8. The Labute approximate surface area is 301 Å². The zero-order chi connectivity index (χ0) is 34.2. The average molecular weight is 683 g/mol. The Bertz CT molecular complexity index is 3200. The molecule has 0 saturated heterocycles. The van der Waals surface area contributed by atoms with Gasteiger partial charge in [-0.05, 0) is 57.9 Å². The molecule has 5 nitrogen and oxygen atoms in total. The lowest BCUT2D eigenvalue weighted by Crippen LogP contribution is -2.00. The maximum absolute atomic E-state index is 6.53. The van der Waals surface area contributed by atoms with Gasteiger partial charge in [0.05, 0.1) is 0 Å². The Morgan fingerprint density at radius 2 is 1.06 bits per heavy atom. The molecule has 0 atom stereocenters. The highest BCUT2D eigenvalue weighted by Crippen LogP contribution is 2.41. The zero-order valence-corrected chi connectivity index (χ0v) is 28.4. The number of oxazole rings is 1. The number of hydrogen-bond donors (Lipinski definition) is 0. The van der Waals surface area contributed by atoms with E-state index in [0.717, 1.165) is 70.4 Å². The molecule has 0 unspecified atom stereocenters. The minimum atomic E-state index is 0.606. The predicted molar refractivity (Wildman–Crippen MR) is 215 cm³/mol. The largest absolute Gasteiger partial charge is 0.435 e. The lowest BCUT2D eigenvalue weighted by molar-refractivity contribution is 0.623. The van der Waals surface area contributed by atoms with Gasteiger partial charge in [0, 0.05) is 53.2 Å². The Kier molecular flexibility index (Phi) is 6.35. The second-order valence-corrected chi connectivity index (χ2v) is 14.0. The van der Waals surface area contributed by atoms with Crippen molar-refractivity contribution in [2.45, 2.75) is 0 Å². The van der Waals surface area contributed by atoms with Crippen molar-refractivity contribution in [1.29, 1.82) is 0 Å². The van der Waals surface area contributed by atoms with Gasteiger partial charge in [0.2, 0.25) is 5.89 Å². The van der Waals surface area contributed by atoms with E-state index in [1.54, 1.807) is 11.3 Å². The summed E-state index contributed by atoms with van der Waals surface area (Å²) in [5, 5.41) is 8.86. The normalized spacial score (nSPS) is 11.8. The number of aromatic nitrogens is 4. The van der Waals surface area contributed by atoms with Crippen LogP contribution in [0.25, 0.3) is 109 Å². The summed E-state index contributed by atoms with van der Waals surface area (Å²) in [6.45, 7) is 0. The molecule has 0 bridgehead atoms. The van der Waals surface area contributed by atoms with Gasteiger partial charge >= 0.3 is 0 Å². The van der Waals surface area contributed by atoms with Crippen LogP contribution in [0.15, 0.2) is 162 Å². The summed E-state index contributed by atoms with van der Waals surface area (Å²) in [5.41, 5.74) is 5.42. The summed E-state index contributed by atoms with van der Waals surface area (Å²) in [4.78, 5) is 20.7. The van der Waals surface area contributed by atoms with Crippen molar-refractivity contribution in [2.75, 3.05) is 0 Å². The van der Waals surface area contributed by atoms with Gasteiger partial charge < -0.3 is 4.42 Å². The van der Waals surface area contributed by atoms with Crippen LogP contribution in [-0.2, 0) is 0 Å². The Balaban J connectivity index is 1.17. The highest BCUT2D eigenvalue weighted by molar-refractivity contribution is 7.26. The molecule has 0 fully saturated rings. The number of rotatable bonds is 4. The summed E-state index contributed by atoms with van der Waals surface area (Å²) in [5.74, 6) is 2.50. The van der Waals surface area contributed by atoms with E-state index in [0.29, 0.717) is 23.4 Å². The zero-order valence-electron chi connectivity index (χ0n) is 27.6. The number of nitrogens with zero attached hydrogens (tertiary/aromatic N) is 4. The van der Waals surface area contributed by atoms with Crippen LogP contribution in [0.4, 0.5) is 0 Å². The van der Waals surface area contributed by atoms with E-state index in [2.05, 4.69) is 127 Å². The summed E-state index contributed by atoms with van der Waals surface area (Å²) < 4.78 is 8.93. The second-order valence-electron chi connectivity index (χ2n) is 13.0. The van der Waals surface area contributed by atoms with E-state index < -0.39 is 0 Å². The monoisotopic (exact) mass is 682 g/mol. The van der Waals surface area contributed by atoms with Crippen LogP contribution in [0.5, 0.6) is 0 Å². The molecule has 3 heterocycles. The fourth-order valence-corrected chi connectivity index (χ4v) is 8.72. The van der Waals surface area contributed by atoms with E-state index in [4.69, 9.17) is 24.4 Å². The van der Waals surface area contributed by atoms with Crippen molar-refractivity contribution in [2.24, 2.45) is 0 Å². The van der Waals surface area contributed by atoms with Gasteiger partial charge in [0.1, 0.15) is 5.52 Å². The number of fused-ring (bicyclic) bond motifs is 10. The van der Waals surface area contributed by atoms with E-state index in [1.165, 1.54) is 15.5 Å². The molecule has 0 aliphatic rings. The van der Waals surface area contributed by atoms with Crippen LogP contribution in [-0.4, -0.2) is 19.9 Å². The first-order valence-electron chi connectivity index (χ1n) is 17.2. The molecule has 0 amide bonds. The molecule has 52 heavy (non-hydrogen) atoms. The molecule has 11 aromatic rings. The van der Waals surface area contributed by atoms with Crippen molar-refractivity contribution >= 4 is 74.9 Å². The van der Waals surface area contributed by atoms with Crippen molar-refractivity contribution < 1.29 is 4.42 Å². The molecule has 242 valence electrons. The fourth-order valence-electron chi connectivity index (χ4n) is 7.51. The molecule has 0 saturated carbocycles. The molecular weight excluding hydrogens is 657 g/mol. The quantitative estimate of drug-likeness (QED) is 0.173. The summed E-state index contributed by atoms with van der Waals surface area (Å²) in [6, 6.07) is 54.5. The van der Waals surface area contributed by atoms with Crippen molar-refractivity contribution in [1.82, 2.24) is 19.9 Å². The lowest BCUT2D eigenvalue weighted by atomic mass is 9.98. The molecule has 0 radical (unpaired) electrons. The van der Waals surface area contributed by atoms with E-state index in [1.807, 2.05) is 30.3 Å². The van der Waals surface area contributed by atoms with Gasteiger partial charge in [0.15, 0.2) is 23.1 Å². The predicted octanol–water partition coefficient (Wildman–Crippen LogP) is 12.5. The SMILES string of the molecule is c1ccc(-c2nc3c4ccccc4c4cc(-c5nc(-c6cccc7ccccc67)nc(-c6cccc7c6sc6ccccc67)n5)ccc4c3o2)cc1. The molecule has 6 heteroatoms. The molecule has 0 N–H and O–H groups in total. The van der Waals surface area contributed by atoms with Crippen LogP contribution < -0.4 is 0 Å². The summed E-state index contributed by atoms with van der Waals surface area (Å²) >= 11 is 1.78. The molecule has 3 aromatic heterocycles. The second kappa shape index (κ2) is 11.4. The Morgan fingerprint density at radius 3 is 1.94 bits per heavy atom. The van der Waals surface area contributed by atoms with Gasteiger partial charge in [0.25, 0.3) is 0 Å². The van der Waals surface area contributed by atoms with Crippen molar-refractivity contribution in [3.05, 3.63) is 158 Å². The van der Waals surface area contributed by atoms with Crippen LogP contribution >= 0.6 is 11.3 Å². The minimum absolute atomic E-state index is 0.606. The van der Waals surface area contributed by atoms with Crippen LogP contribution in [0, 0.1) is 0 Å². The van der Waals surface area contributed by atoms with E-state index >= 15 is 0 Å². The van der Waals surface area contributed by atoms with Gasteiger partial charge in [-0.1, -0.05) is 121 Å². The Morgan fingerprint density at radius 1 is 0.404 bits per heavy atom. The highest BCUT2D eigenvalue weighted by atomic mass is 32.1. The molecule has 0 spiro atoms. The Hall–Kier alpha value is -6.76. The molecular formula is C46H26N4OS. The smallest absolute Gasteiger partial charge is 0.227 e. The van der Waals surface area contributed by atoms with Gasteiger partial charge in [-0.3, -0.25) is 0 Å². The van der Waals surface area contributed by atoms with Gasteiger partial charge in [-0.2, -0.15) is 0 Å². The lowest BCUT2D eigenvalue weighted by Gasteiger charge is -2.12. The minimum Gasteiger partial charge on any atom is -0.435 e. The first kappa shape index (κ1) is 29.0. The first-order valence-corrected chi connectivity index (χ1v) is 18.0. The molecule has 8 aromatic carbocycles. The standard InChI is InChI=1S/C46H26N4OS/c1-2-13-28(14-3-1)46-47-40-33-19-7-6-17-31(33)38-26-29(24-25-34(38)41(40)51-46)43-48-44(36-21-10-15-27-12-4-5-16-30(27)36)50-45(49-43)37-22-11-20-35-32-18-8-9-23-39(32)52-42(35)37/h1-26H. The van der Waals surface area contributed by atoms with E-state index in [-0.39, 0.29) is 0 Å². The maximum atomic E-state index is 6.53. The van der Waals surface area contributed by atoms with E-state index in [9.17, 15) is 0 Å². The molecule has 0 aliphatic carbocycles. The van der Waals surface area contributed by atoms with Gasteiger partial charge in [-0.15, -0.1) is 11.3 Å². The third-order valence-electron chi connectivity index (χ3n) is 9.95. The van der Waals surface area contributed by atoms with Gasteiger partial charge in [-0.25, -0.2) is 19.9 Å². The third-order valence-corrected chi connectivity index (χ3v) is 11.2.